The quantitative estimate of drug-likeness (QED) is 0.508. The van der Waals surface area contributed by atoms with Crippen molar-refractivity contribution >= 4 is 11.6 Å². The van der Waals surface area contributed by atoms with E-state index in [0.29, 0.717) is 25.3 Å². The lowest BCUT2D eigenvalue weighted by molar-refractivity contribution is -0.191. The highest BCUT2D eigenvalue weighted by Gasteiger charge is 2.53. The molecule has 0 N–H and O–H groups in total. The van der Waals surface area contributed by atoms with E-state index in [1.165, 1.54) is 0 Å². The van der Waals surface area contributed by atoms with Gasteiger partial charge in [-0.3, -0.25) is 4.79 Å². The number of hydrogen-bond acceptors (Lipinski definition) is 4. The Labute approximate surface area is 205 Å². The van der Waals surface area contributed by atoms with Crippen molar-refractivity contribution < 1.29 is 27.8 Å². The van der Waals surface area contributed by atoms with Crippen LogP contribution in [-0.2, 0) is 25.6 Å². The van der Waals surface area contributed by atoms with Gasteiger partial charge in [-0.2, -0.15) is 0 Å². The second-order valence-corrected chi connectivity index (χ2v) is 10.3. The summed E-state index contributed by atoms with van der Waals surface area (Å²) < 4.78 is 46.3. The van der Waals surface area contributed by atoms with E-state index in [9.17, 15) is 13.6 Å². The molecule has 2 aromatic carbocycles. The third kappa shape index (κ3) is 4.86. The highest BCUT2D eigenvalue weighted by Crippen LogP contribution is 2.50. The number of anilines is 1. The fourth-order valence-corrected chi connectivity index (χ4v) is 5.65. The summed E-state index contributed by atoms with van der Waals surface area (Å²) in [7, 11) is 0. The number of halogens is 2. The van der Waals surface area contributed by atoms with Crippen LogP contribution in [0.4, 0.5) is 14.5 Å². The zero-order valence-electron chi connectivity index (χ0n) is 20.4. The number of hydrogen-bond donors (Lipinski definition) is 0. The molecule has 1 aliphatic carbocycles. The van der Waals surface area contributed by atoms with Crippen molar-refractivity contribution in [3.8, 4) is 0 Å². The molecule has 2 aliphatic heterocycles. The summed E-state index contributed by atoms with van der Waals surface area (Å²) in [5.41, 5.74) is 2.70. The van der Waals surface area contributed by atoms with Crippen LogP contribution in [-0.4, -0.2) is 37.4 Å². The highest BCUT2D eigenvalue weighted by atomic mass is 19.3. The summed E-state index contributed by atoms with van der Waals surface area (Å²) in [5, 5.41) is 0. The van der Waals surface area contributed by atoms with Crippen molar-refractivity contribution in [2.75, 3.05) is 24.7 Å². The maximum Gasteiger partial charge on any atom is 0.275 e. The number of rotatable bonds is 6. The molecular formula is C28H33F2NO4. The number of alkyl halides is 2. The van der Waals surface area contributed by atoms with Crippen molar-refractivity contribution in [1.82, 2.24) is 0 Å². The number of benzene rings is 2. The van der Waals surface area contributed by atoms with Gasteiger partial charge in [0.2, 0.25) is 5.91 Å². The van der Waals surface area contributed by atoms with Crippen LogP contribution in [0, 0.1) is 12.3 Å². The van der Waals surface area contributed by atoms with Crippen molar-refractivity contribution in [2.24, 2.45) is 5.41 Å². The van der Waals surface area contributed by atoms with Crippen LogP contribution < -0.4 is 4.90 Å². The van der Waals surface area contributed by atoms with Gasteiger partial charge >= 0.3 is 0 Å². The second-order valence-electron chi connectivity index (χ2n) is 10.3. The summed E-state index contributed by atoms with van der Waals surface area (Å²) in [6.45, 7) is 4.81. The molecule has 7 heteroatoms. The number of carbonyl (C=O) groups excluding carboxylic acids is 1. The molecule has 35 heavy (non-hydrogen) atoms. The predicted molar refractivity (Wildman–Crippen MR) is 128 cm³/mol. The van der Waals surface area contributed by atoms with Gasteiger partial charge < -0.3 is 19.1 Å². The average molecular weight is 486 g/mol. The first-order valence-electron chi connectivity index (χ1n) is 12.4. The fraction of sp³-hybridized carbons (Fsp3) is 0.536. The van der Waals surface area contributed by atoms with Gasteiger partial charge in [0, 0.05) is 32.0 Å². The molecule has 2 aromatic rings. The van der Waals surface area contributed by atoms with Gasteiger partial charge in [-0.15, -0.1) is 0 Å². The minimum atomic E-state index is -3.05. The summed E-state index contributed by atoms with van der Waals surface area (Å²) in [5.74, 6) is -3.44. The Morgan fingerprint density at radius 3 is 2.20 bits per heavy atom. The monoisotopic (exact) mass is 485 g/mol. The number of ether oxygens (including phenoxy) is 3. The number of carbonyl (C=O) groups is 1. The van der Waals surface area contributed by atoms with Crippen molar-refractivity contribution in [2.45, 2.75) is 70.4 Å². The fourth-order valence-electron chi connectivity index (χ4n) is 5.65. The molecule has 2 heterocycles. The average Bonchev–Trinajstić information content (AvgIpc) is 3.42. The lowest BCUT2D eigenvalue weighted by Gasteiger charge is -2.40. The van der Waals surface area contributed by atoms with Crippen LogP contribution in [0.5, 0.6) is 0 Å². The molecule has 1 unspecified atom stereocenters. The van der Waals surface area contributed by atoms with Gasteiger partial charge in [0.25, 0.3) is 5.92 Å². The predicted octanol–water partition coefficient (Wildman–Crippen LogP) is 5.95. The molecule has 3 fully saturated rings. The van der Waals surface area contributed by atoms with E-state index in [2.05, 4.69) is 0 Å². The van der Waals surface area contributed by atoms with Crippen molar-refractivity contribution in [1.29, 1.82) is 0 Å². The van der Waals surface area contributed by atoms with Crippen LogP contribution in [0.2, 0.25) is 0 Å². The molecule has 0 radical (unpaired) electrons. The SMILES string of the molecule is Cc1ccc(COC(c2ccc(N3CCC4(CCC5(CC4)OCCO5)C3=O)cc2)C(C)(F)F)cc1. The van der Waals surface area contributed by atoms with Gasteiger partial charge in [-0.1, -0.05) is 42.0 Å². The van der Waals surface area contributed by atoms with Crippen LogP contribution in [0.15, 0.2) is 48.5 Å². The van der Waals surface area contributed by atoms with Crippen LogP contribution >= 0.6 is 0 Å². The molecule has 2 saturated heterocycles. The van der Waals surface area contributed by atoms with Gasteiger partial charge in [-0.05, 0) is 49.4 Å². The lowest BCUT2D eigenvalue weighted by atomic mass is 9.71. The minimum Gasteiger partial charge on any atom is -0.363 e. The Morgan fingerprint density at radius 2 is 1.60 bits per heavy atom. The van der Waals surface area contributed by atoms with E-state index in [1.54, 1.807) is 29.2 Å². The molecular weight excluding hydrogens is 452 g/mol. The number of aryl methyl sites for hydroxylation is 1. The number of amides is 1. The van der Waals surface area contributed by atoms with E-state index in [1.807, 2.05) is 31.2 Å². The zero-order valence-corrected chi connectivity index (χ0v) is 20.4. The smallest absolute Gasteiger partial charge is 0.275 e. The molecule has 1 atom stereocenters. The molecule has 0 aromatic heterocycles. The first-order chi connectivity index (χ1) is 16.7. The summed E-state index contributed by atoms with van der Waals surface area (Å²) in [6, 6.07) is 14.5. The Kier molecular flexibility index (Phi) is 6.45. The maximum absolute atomic E-state index is 14.5. The Balaban J connectivity index is 1.26. The van der Waals surface area contributed by atoms with Crippen LogP contribution in [0.3, 0.4) is 0 Å². The van der Waals surface area contributed by atoms with E-state index >= 15 is 0 Å². The summed E-state index contributed by atoms with van der Waals surface area (Å²) >= 11 is 0. The highest BCUT2D eigenvalue weighted by molar-refractivity contribution is 6.00. The van der Waals surface area contributed by atoms with Gasteiger partial charge in [0.15, 0.2) is 5.79 Å². The Morgan fingerprint density at radius 1 is 0.971 bits per heavy atom. The third-order valence-electron chi connectivity index (χ3n) is 7.80. The van der Waals surface area contributed by atoms with Gasteiger partial charge in [0.05, 0.1) is 25.2 Å². The first kappa shape index (κ1) is 24.3. The Hall–Kier alpha value is -2.35. The molecule has 0 bridgehead atoms. The third-order valence-corrected chi connectivity index (χ3v) is 7.80. The molecule has 1 amide bonds. The largest absolute Gasteiger partial charge is 0.363 e. The standard InChI is InChI=1S/C28H33F2NO4/c1-20-3-5-21(6-4-20)19-33-24(26(2,29)30)22-7-9-23(10-8-22)31-16-15-27(25(31)32)11-13-28(14-12-27)34-17-18-35-28/h3-10,24H,11-19H2,1-2H3. The Bertz CT molecular complexity index is 1030. The molecule has 5 nitrogen and oxygen atoms in total. The first-order valence-corrected chi connectivity index (χ1v) is 12.4. The molecule has 188 valence electrons. The van der Waals surface area contributed by atoms with E-state index < -0.39 is 17.8 Å². The summed E-state index contributed by atoms with van der Waals surface area (Å²) in [4.78, 5) is 15.2. The topological polar surface area (TPSA) is 48.0 Å². The summed E-state index contributed by atoms with van der Waals surface area (Å²) in [6.07, 6.45) is 2.38. The van der Waals surface area contributed by atoms with Crippen LogP contribution in [0.1, 0.15) is 61.8 Å². The van der Waals surface area contributed by atoms with Gasteiger partial charge in [-0.25, -0.2) is 8.78 Å². The normalized spacial score (nSPS) is 22.3. The van der Waals surface area contributed by atoms with Gasteiger partial charge in [0.1, 0.15) is 6.10 Å². The maximum atomic E-state index is 14.5. The second kappa shape index (κ2) is 9.26. The number of nitrogens with zero attached hydrogens (tertiary/aromatic N) is 1. The van der Waals surface area contributed by atoms with Crippen LogP contribution in [0.25, 0.3) is 0 Å². The van der Waals surface area contributed by atoms with E-state index in [0.717, 1.165) is 55.8 Å². The van der Waals surface area contributed by atoms with Crippen molar-refractivity contribution in [3.05, 3.63) is 65.2 Å². The zero-order chi connectivity index (χ0) is 24.7. The molecule has 2 spiro atoms. The van der Waals surface area contributed by atoms with E-state index in [-0.39, 0.29) is 17.9 Å². The molecule has 3 aliphatic rings. The minimum absolute atomic E-state index is 0.0954. The van der Waals surface area contributed by atoms with Crippen molar-refractivity contribution in [3.63, 3.8) is 0 Å². The lowest BCUT2D eigenvalue weighted by Crippen LogP contribution is -2.44. The van der Waals surface area contributed by atoms with E-state index in [4.69, 9.17) is 14.2 Å². The molecule has 1 saturated carbocycles. The molecule has 5 rings (SSSR count).